The Hall–Kier alpha value is -4.18. The number of nitrogens with one attached hydrogen (secondary N) is 4. The second kappa shape index (κ2) is 15.6. The zero-order valence-corrected chi connectivity index (χ0v) is 31.6. The van der Waals surface area contributed by atoms with Gasteiger partial charge >= 0.3 is 0 Å². The number of rotatable bonds is 10. The van der Waals surface area contributed by atoms with E-state index in [1.165, 1.54) is 33.6 Å². The monoisotopic (exact) mass is 724 g/mol. The van der Waals surface area contributed by atoms with Gasteiger partial charge in [0.05, 0.1) is 11.1 Å². The van der Waals surface area contributed by atoms with Crippen molar-refractivity contribution in [2.24, 2.45) is 0 Å². The van der Waals surface area contributed by atoms with Crippen molar-refractivity contribution in [3.05, 3.63) is 103 Å². The van der Waals surface area contributed by atoms with Crippen molar-refractivity contribution < 1.29 is 9.59 Å². The van der Waals surface area contributed by atoms with Crippen LogP contribution in [0, 0.1) is 27.7 Å². The summed E-state index contributed by atoms with van der Waals surface area (Å²) in [6.07, 6.45) is 8.32. The summed E-state index contributed by atoms with van der Waals surface area (Å²) in [7, 11) is 8.40. The van der Waals surface area contributed by atoms with Gasteiger partial charge in [-0.15, -0.1) is 0 Å². The maximum absolute atomic E-state index is 12.4. The minimum atomic E-state index is -0.0473. The Bertz CT molecular complexity index is 1930. The number of hydrogen-bond donors (Lipinski definition) is 4. The number of amides is 2. The summed E-state index contributed by atoms with van der Waals surface area (Å²) in [6.45, 7) is 10.7. The van der Waals surface area contributed by atoms with E-state index in [1.54, 1.807) is 0 Å². The van der Waals surface area contributed by atoms with E-state index in [1.807, 2.05) is 54.6 Å². The fraction of sp³-hybridized carbons (Fsp3) is 0.350. The number of para-hydroxylation sites is 1. The molecule has 0 unspecified atom stereocenters. The number of carbonyl (C=O) groups is 2. The molecule has 2 aliphatic heterocycles. The predicted octanol–water partition coefficient (Wildman–Crippen LogP) is 8.00. The largest absolute Gasteiger partial charge is 0.359 e. The molecule has 4 aromatic rings. The lowest BCUT2D eigenvalue weighted by atomic mass is 10.0. The van der Waals surface area contributed by atoms with E-state index in [-0.39, 0.29) is 11.8 Å². The fourth-order valence-electron chi connectivity index (χ4n) is 6.69. The number of halogens is 1. The standard InChI is InChI=1S/C20H24BrN3O.C20H25N3O/c1-12-15(6-5-9-24(3)4)13(2)22-19(12)11-17-16-10-14(21)7-8-18(16)23-20(17)25;1-13-15(9-7-11-23(3)4)14(2)21-19(13)12-17-16-8-5-6-10-18(16)22-20(17)24/h7-8,10-11,22H,5-6,9H2,1-4H3,(H,23,25);5-6,8,10,12,21H,7,9,11H2,1-4H3,(H,22,24). The van der Waals surface area contributed by atoms with E-state index in [2.05, 4.69) is 102 Å². The zero-order chi connectivity index (χ0) is 35.4. The highest BCUT2D eigenvalue weighted by atomic mass is 79.9. The molecule has 49 heavy (non-hydrogen) atoms. The number of H-pyrrole nitrogens is 2. The van der Waals surface area contributed by atoms with Crippen LogP contribution >= 0.6 is 15.9 Å². The first-order valence-corrected chi connectivity index (χ1v) is 17.7. The number of fused-ring (bicyclic) bond motifs is 2. The van der Waals surface area contributed by atoms with Gasteiger partial charge in [-0.25, -0.2) is 0 Å². The number of carbonyl (C=O) groups excluding carboxylic acids is 2. The second-order valence-corrected chi connectivity index (χ2v) is 14.5. The molecule has 0 spiro atoms. The molecule has 9 heteroatoms. The third kappa shape index (κ3) is 8.35. The molecule has 0 aliphatic carbocycles. The molecule has 0 saturated heterocycles. The molecule has 258 valence electrons. The normalized spacial score (nSPS) is 15.2. The minimum Gasteiger partial charge on any atom is -0.359 e. The SMILES string of the molecule is Cc1[nH]c(C=C2C(=O)Nc3ccc(Br)cc32)c(C)c1CCCN(C)C.Cc1[nH]c(C=C2C(=O)Nc3ccccc32)c(C)c1CCCN(C)C. The van der Waals surface area contributed by atoms with Crippen molar-refractivity contribution in [3.63, 3.8) is 0 Å². The van der Waals surface area contributed by atoms with Gasteiger partial charge in [0.2, 0.25) is 0 Å². The van der Waals surface area contributed by atoms with E-state index >= 15 is 0 Å². The lowest BCUT2D eigenvalue weighted by Gasteiger charge is -2.09. The summed E-state index contributed by atoms with van der Waals surface area (Å²) in [5, 5.41) is 5.86. The number of aryl methyl sites for hydroxylation is 2. The molecule has 0 saturated carbocycles. The molecule has 4 N–H and O–H groups in total. The molecule has 0 radical (unpaired) electrons. The van der Waals surface area contributed by atoms with Gasteiger partial charge in [0, 0.05) is 49.8 Å². The molecule has 0 fully saturated rings. The highest BCUT2D eigenvalue weighted by molar-refractivity contribution is 9.10. The Balaban J connectivity index is 0.000000191. The molecule has 2 aliphatic rings. The molecular weight excluding hydrogens is 676 g/mol. The Kier molecular flexibility index (Phi) is 11.5. The average molecular weight is 726 g/mol. The van der Waals surface area contributed by atoms with Crippen molar-refractivity contribution in [1.29, 1.82) is 0 Å². The smallest absolute Gasteiger partial charge is 0.256 e. The van der Waals surface area contributed by atoms with E-state index in [0.717, 1.165) is 82.7 Å². The number of aromatic nitrogens is 2. The molecule has 6 rings (SSSR count). The van der Waals surface area contributed by atoms with Crippen molar-refractivity contribution in [3.8, 4) is 0 Å². The molecular formula is C40H49BrN6O2. The maximum Gasteiger partial charge on any atom is 0.256 e. The van der Waals surface area contributed by atoms with Gasteiger partial charge in [-0.3, -0.25) is 9.59 Å². The third-order valence-corrected chi connectivity index (χ3v) is 9.87. The molecule has 4 heterocycles. The van der Waals surface area contributed by atoms with Crippen molar-refractivity contribution in [2.75, 3.05) is 51.9 Å². The molecule has 2 aromatic carbocycles. The van der Waals surface area contributed by atoms with Crippen molar-refractivity contribution in [1.82, 2.24) is 19.8 Å². The van der Waals surface area contributed by atoms with Crippen LogP contribution in [0.4, 0.5) is 11.4 Å². The first kappa shape index (κ1) is 36.1. The number of anilines is 2. The molecule has 8 nitrogen and oxygen atoms in total. The van der Waals surface area contributed by atoms with Gasteiger partial charge in [-0.2, -0.15) is 0 Å². The van der Waals surface area contributed by atoms with Crippen LogP contribution in [0.25, 0.3) is 23.3 Å². The van der Waals surface area contributed by atoms with Crippen LogP contribution in [0.2, 0.25) is 0 Å². The van der Waals surface area contributed by atoms with E-state index in [0.29, 0.717) is 5.57 Å². The lowest BCUT2D eigenvalue weighted by molar-refractivity contribution is -0.111. The molecule has 0 atom stereocenters. The quantitative estimate of drug-likeness (QED) is 0.125. The van der Waals surface area contributed by atoms with Gasteiger partial charge in [0.25, 0.3) is 11.8 Å². The zero-order valence-electron chi connectivity index (χ0n) is 30.0. The Morgan fingerprint density at radius 2 is 1.12 bits per heavy atom. The Labute approximate surface area is 299 Å². The number of nitrogens with zero attached hydrogens (tertiary/aromatic N) is 2. The second-order valence-electron chi connectivity index (χ2n) is 13.6. The summed E-state index contributed by atoms with van der Waals surface area (Å²) in [5.74, 6) is -0.0779. The molecule has 2 aromatic heterocycles. The number of benzene rings is 2. The van der Waals surface area contributed by atoms with Crippen LogP contribution in [0.1, 0.15) is 69.0 Å². The van der Waals surface area contributed by atoms with Gasteiger partial charge in [0.15, 0.2) is 0 Å². The van der Waals surface area contributed by atoms with Crippen molar-refractivity contribution >= 4 is 62.4 Å². The number of hydrogen-bond acceptors (Lipinski definition) is 4. The van der Waals surface area contributed by atoms with Gasteiger partial charge in [-0.05, 0) is 153 Å². The first-order chi connectivity index (χ1) is 23.3. The van der Waals surface area contributed by atoms with Crippen LogP contribution < -0.4 is 10.6 Å². The summed E-state index contributed by atoms with van der Waals surface area (Å²) in [5.41, 5.74) is 14.8. The van der Waals surface area contributed by atoms with E-state index in [4.69, 9.17) is 0 Å². The lowest BCUT2D eigenvalue weighted by Crippen LogP contribution is -2.13. The maximum atomic E-state index is 12.4. The Morgan fingerprint density at radius 1 is 0.653 bits per heavy atom. The topological polar surface area (TPSA) is 96.3 Å². The van der Waals surface area contributed by atoms with E-state index in [9.17, 15) is 9.59 Å². The number of aromatic amines is 2. The van der Waals surface area contributed by atoms with E-state index < -0.39 is 0 Å². The summed E-state index contributed by atoms with van der Waals surface area (Å²) in [4.78, 5) is 36.0. The predicted molar refractivity (Wildman–Crippen MR) is 208 cm³/mol. The average Bonchev–Trinajstić information content (AvgIpc) is 3.71. The Morgan fingerprint density at radius 3 is 1.63 bits per heavy atom. The van der Waals surface area contributed by atoms with Crippen LogP contribution in [0.3, 0.4) is 0 Å². The summed E-state index contributed by atoms with van der Waals surface area (Å²) >= 11 is 3.49. The summed E-state index contributed by atoms with van der Waals surface area (Å²) in [6, 6.07) is 13.7. The molecule has 2 amide bonds. The van der Waals surface area contributed by atoms with Gasteiger partial charge < -0.3 is 30.4 Å². The highest BCUT2D eigenvalue weighted by Crippen LogP contribution is 2.36. The van der Waals surface area contributed by atoms with Gasteiger partial charge in [0.1, 0.15) is 0 Å². The summed E-state index contributed by atoms with van der Waals surface area (Å²) < 4.78 is 0.970. The van der Waals surface area contributed by atoms with Crippen LogP contribution in [-0.2, 0) is 22.4 Å². The molecule has 0 bridgehead atoms. The fourth-order valence-corrected chi connectivity index (χ4v) is 7.05. The van der Waals surface area contributed by atoms with Crippen LogP contribution in [0.5, 0.6) is 0 Å². The van der Waals surface area contributed by atoms with Gasteiger partial charge in [-0.1, -0.05) is 34.1 Å². The third-order valence-electron chi connectivity index (χ3n) is 9.38. The first-order valence-electron chi connectivity index (χ1n) is 16.9. The van der Waals surface area contributed by atoms with Crippen LogP contribution in [-0.4, -0.2) is 72.9 Å². The van der Waals surface area contributed by atoms with Crippen LogP contribution in [0.15, 0.2) is 46.9 Å². The minimum absolute atomic E-state index is 0.0305. The van der Waals surface area contributed by atoms with Crippen molar-refractivity contribution in [2.45, 2.75) is 53.4 Å². The highest BCUT2D eigenvalue weighted by Gasteiger charge is 2.26.